The number of benzene rings is 3. The van der Waals surface area contributed by atoms with Gasteiger partial charge in [-0.3, -0.25) is 9.48 Å². The van der Waals surface area contributed by atoms with Gasteiger partial charge in [0.25, 0.3) is 5.56 Å². The van der Waals surface area contributed by atoms with Crippen LogP contribution in [0.1, 0.15) is 0 Å². The molecule has 0 saturated heterocycles. The SMILES string of the molecule is COc1cc2c(c(=O)n(C)n2-c2ccccc2)c2ccccc12. The first-order chi connectivity index (χ1) is 11.2. The molecule has 0 unspecified atom stereocenters. The number of fused-ring (bicyclic) bond motifs is 3. The molecule has 0 fully saturated rings. The van der Waals surface area contributed by atoms with Gasteiger partial charge in [-0.2, -0.15) is 0 Å². The van der Waals surface area contributed by atoms with E-state index in [0.29, 0.717) is 5.39 Å². The van der Waals surface area contributed by atoms with Gasteiger partial charge in [-0.05, 0) is 12.1 Å². The highest BCUT2D eigenvalue weighted by atomic mass is 16.5. The van der Waals surface area contributed by atoms with Gasteiger partial charge in [-0.15, -0.1) is 0 Å². The number of para-hydroxylation sites is 1. The van der Waals surface area contributed by atoms with Crippen LogP contribution in [0.4, 0.5) is 0 Å². The molecule has 0 saturated carbocycles. The van der Waals surface area contributed by atoms with Crippen LogP contribution in [0.25, 0.3) is 27.4 Å². The fourth-order valence-corrected chi connectivity index (χ4v) is 3.18. The van der Waals surface area contributed by atoms with Crippen LogP contribution in [0.3, 0.4) is 0 Å². The monoisotopic (exact) mass is 304 g/mol. The number of ether oxygens (including phenoxy) is 1. The molecule has 0 atom stereocenters. The predicted molar refractivity (Wildman–Crippen MR) is 92.6 cm³/mol. The molecule has 1 aromatic heterocycles. The van der Waals surface area contributed by atoms with Crippen molar-refractivity contribution >= 4 is 21.7 Å². The standard InChI is InChI=1S/C19H16N2O2/c1-20-19(22)18-15-11-7-6-10-14(15)17(23-2)12-16(18)21(20)13-8-4-3-5-9-13/h3-12H,1-2H3. The molecule has 1 heterocycles. The number of aromatic nitrogens is 2. The largest absolute Gasteiger partial charge is 0.496 e. The molecule has 4 nitrogen and oxygen atoms in total. The minimum atomic E-state index is -0.0114. The summed E-state index contributed by atoms with van der Waals surface area (Å²) < 4.78 is 9.12. The number of rotatable bonds is 2. The van der Waals surface area contributed by atoms with Crippen molar-refractivity contribution in [3.05, 3.63) is 71.0 Å². The molecule has 0 amide bonds. The summed E-state index contributed by atoms with van der Waals surface area (Å²) in [6.07, 6.45) is 0. The van der Waals surface area contributed by atoms with Gasteiger partial charge in [0.2, 0.25) is 0 Å². The molecular formula is C19H16N2O2. The quantitative estimate of drug-likeness (QED) is 0.568. The number of methoxy groups -OCH3 is 1. The summed E-state index contributed by atoms with van der Waals surface area (Å²) in [5, 5.41) is 2.58. The zero-order chi connectivity index (χ0) is 16.0. The molecule has 0 aliphatic heterocycles. The van der Waals surface area contributed by atoms with Crippen LogP contribution in [0.5, 0.6) is 5.75 Å². The molecule has 0 N–H and O–H groups in total. The average Bonchev–Trinajstić information content (AvgIpc) is 2.86. The Bertz CT molecular complexity index is 1080. The lowest BCUT2D eigenvalue weighted by Gasteiger charge is -2.11. The van der Waals surface area contributed by atoms with Gasteiger partial charge >= 0.3 is 0 Å². The van der Waals surface area contributed by atoms with E-state index in [1.807, 2.05) is 65.3 Å². The lowest BCUT2D eigenvalue weighted by atomic mass is 10.1. The van der Waals surface area contributed by atoms with Crippen LogP contribution in [0.2, 0.25) is 0 Å². The second-order valence-corrected chi connectivity index (χ2v) is 5.49. The van der Waals surface area contributed by atoms with Crippen molar-refractivity contribution in [1.82, 2.24) is 9.36 Å². The van der Waals surface area contributed by atoms with E-state index in [-0.39, 0.29) is 5.56 Å². The summed E-state index contributed by atoms with van der Waals surface area (Å²) in [6, 6.07) is 19.6. The summed E-state index contributed by atoms with van der Waals surface area (Å²) >= 11 is 0. The lowest BCUT2D eigenvalue weighted by Crippen LogP contribution is -2.17. The Labute approximate surface area is 133 Å². The van der Waals surface area contributed by atoms with Gasteiger partial charge in [-0.25, -0.2) is 4.68 Å². The highest BCUT2D eigenvalue weighted by molar-refractivity contribution is 6.09. The van der Waals surface area contributed by atoms with E-state index in [1.165, 1.54) is 0 Å². The van der Waals surface area contributed by atoms with Crippen LogP contribution >= 0.6 is 0 Å². The Hall–Kier alpha value is -3.01. The molecule has 0 radical (unpaired) electrons. The maximum atomic E-state index is 12.8. The fourth-order valence-electron chi connectivity index (χ4n) is 3.18. The summed E-state index contributed by atoms with van der Waals surface area (Å²) in [4.78, 5) is 12.8. The third-order valence-electron chi connectivity index (χ3n) is 4.24. The Morgan fingerprint density at radius 3 is 2.26 bits per heavy atom. The van der Waals surface area contributed by atoms with Gasteiger partial charge < -0.3 is 4.74 Å². The third kappa shape index (κ3) is 1.88. The van der Waals surface area contributed by atoms with Crippen molar-refractivity contribution in [3.8, 4) is 11.4 Å². The van der Waals surface area contributed by atoms with Gasteiger partial charge in [-0.1, -0.05) is 42.5 Å². The predicted octanol–water partition coefficient (Wildman–Crippen LogP) is 3.49. The lowest BCUT2D eigenvalue weighted by molar-refractivity contribution is 0.420. The minimum Gasteiger partial charge on any atom is -0.496 e. The summed E-state index contributed by atoms with van der Waals surface area (Å²) in [5.41, 5.74) is 1.78. The Kier molecular flexibility index (Phi) is 2.98. The van der Waals surface area contributed by atoms with Crippen LogP contribution in [0, 0.1) is 0 Å². The highest BCUT2D eigenvalue weighted by Crippen LogP contribution is 2.32. The zero-order valence-electron chi connectivity index (χ0n) is 13.0. The summed E-state index contributed by atoms with van der Waals surface area (Å²) in [5.74, 6) is 0.767. The van der Waals surface area contributed by atoms with Crippen molar-refractivity contribution in [2.24, 2.45) is 7.05 Å². The van der Waals surface area contributed by atoms with Crippen LogP contribution in [-0.2, 0) is 7.05 Å². The Morgan fingerprint density at radius 1 is 0.913 bits per heavy atom. The van der Waals surface area contributed by atoms with Crippen molar-refractivity contribution in [2.45, 2.75) is 0 Å². The molecule has 0 bridgehead atoms. The van der Waals surface area contributed by atoms with Crippen molar-refractivity contribution in [2.75, 3.05) is 7.11 Å². The van der Waals surface area contributed by atoms with Gasteiger partial charge in [0.1, 0.15) is 5.75 Å². The van der Waals surface area contributed by atoms with E-state index in [9.17, 15) is 4.79 Å². The Balaban J connectivity index is 2.25. The normalized spacial score (nSPS) is 11.2. The number of hydrogen-bond acceptors (Lipinski definition) is 2. The highest BCUT2D eigenvalue weighted by Gasteiger charge is 2.17. The first kappa shape index (κ1) is 13.6. The van der Waals surface area contributed by atoms with E-state index in [4.69, 9.17) is 4.74 Å². The van der Waals surface area contributed by atoms with Crippen LogP contribution in [-0.4, -0.2) is 16.5 Å². The second kappa shape index (κ2) is 5.02. The molecule has 0 spiro atoms. The van der Waals surface area contributed by atoms with Crippen LogP contribution < -0.4 is 10.3 Å². The van der Waals surface area contributed by atoms with Gasteiger partial charge in [0.15, 0.2) is 0 Å². The topological polar surface area (TPSA) is 36.2 Å². The smallest absolute Gasteiger partial charge is 0.275 e. The van der Waals surface area contributed by atoms with Crippen molar-refractivity contribution in [1.29, 1.82) is 0 Å². The Morgan fingerprint density at radius 2 is 1.57 bits per heavy atom. The van der Waals surface area contributed by atoms with Crippen molar-refractivity contribution in [3.63, 3.8) is 0 Å². The maximum absolute atomic E-state index is 12.8. The summed E-state index contributed by atoms with van der Waals surface area (Å²) in [7, 11) is 3.44. The van der Waals surface area contributed by atoms with Gasteiger partial charge in [0, 0.05) is 23.9 Å². The maximum Gasteiger partial charge on any atom is 0.275 e. The van der Waals surface area contributed by atoms with Gasteiger partial charge in [0.05, 0.1) is 23.7 Å². The van der Waals surface area contributed by atoms with E-state index in [0.717, 1.165) is 27.7 Å². The molecule has 23 heavy (non-hydrogen) atoms. The molecule has 4 heteroatoms. The molecular weight excluding hydrogens is 288 g/mol. The molecule has 4 aromatic rings. The number of hydrogen-bond donors (Lipinski definition) is 0. The third-order valence-corrected chi connectivity index (χ3v) is 4.24. The van der Waals surface area contributed by atoms with Crippen molar-refractivity contribution < 1.29 is 4.74 Å². The van der Waals surface area contributed by atoms with Crippen LogP contribution in [0.15, 0.2) is 65.5 Å². The van der Waals surface area contributed by atoms with E-state index >= 15 is 0 Å². The molecule has 0 aliphatic carbocycles. The zero-order valence-corrected chi connectivity index (χ0v) is 13.0. The molecule has 4 rings (SSSR count). The molecule has 3 aromatic carbocycles. The fraction of sp³-hybridized carbons (Fsp3) is 0.105. The average molecular weight is 304 g/mol. The van der Waals surface area contributed by atoms with E-state index < -0.39 is 0 Å². The second-order valence-electron chi connectivity index (χ2n) is 5.49. The first-order valence-corrected chi connectivity index (χ1v) is 7.45. The summed E-state index contributed by atoms with van der Waals surface area (Å²) in [6.45, 7) is 0. The van der Waals surface area contributed by atoms with E-state index in [1.54, 1.807) is 18.8 Å². The number of nitrogens with zero attached hydrogens (tertiary/aromatic N) is 2. The molecule has 114 valence electrons. The molecule has 0 aliphatic rings. The minimum absolute atomic E-state index is 0.0114. The first-order valence-electron chi connectivity index (χ1n) is 7.45. The van der Waals surface area contributed by atoms with E-state index in [2.05, 4.69) is 0 Å².